The largest absolute Gasteiger partial charge is 0.313 e. The second-order valence-corrected chi connectivity index (χ2v) is 4.53. The highest BCUT2D eigenvalue weighted by atomic mass is 15.2. The predicted molar refractivity (Wildman–Crippen MR) is 71.7 cm³/mol. The summed E-state index contributed by atoms with van der Waals surface area (Å²) in [5.41, 5.74) is 3.23. The number of hydrogen-bond donors (Lipinski definition) is 1. The first-order valence-electron chi connectivity index (χ1n) is 6.21. The first-order valence-corrected chi connectivity index (χ1v) is 6.21. The van der Waals surface area contributed by atoms with E-state index in [9.17, 15) is 0 Å². The number of nitrogens with one attached hydrogen (secondary N) is 1. The molecular formula is C13H16N6. The Morgan fingerprint density at radius 3 is 2.95 bits per heavy atom. The minimum absolute atomic E-state index is 0.177. The molecule has 6 heteroatoms. The molecule has 3 aromatic heterocycles. The summed E-state index contributed by atoms with van der Waals surface area (Å²) in [6, 6.07) is 2.21. The Hall–Kier alpha value is -2.21. The monoisotopic (exact) mass is 256 g/mol. The SMILES string of the molecule is CNC(Cc1ccn(C)n1)c1cnn2ccncc12. The summed E-state index contributed by atoms with van der Waals surface area (Å²) in [5.74, 6) is 0. The van der Waals surface area contributed by atoms with Crippen molar-refractivity contribution in [2.45, 2.75) is 12.5 Å². The lowest BCUT2D eigenvalue weighted by atomic mass is 10.0. The maximum absolute atomic E-state index is 4.42. The van der Waals surface area contributed by atoms with Crippen LogP contribution in [0.25, 0.3) is 5.52 Å². The van der Waals surface area contributed by atoms with Gasteiger partial charge in [-0.25, -0.2) is 4.52 Å². The third-order valence-corrected chi connectivity index (χ3v) is 3.26. The van der Waals surface area contributed by atoms with E-state index in [-0.39, 0.29) is 6.04 Å². The summed E-state index contributed by atoms with van der Waals surface area (Å²) in [6.45, 7) is 0. The van der Waals surface area contributed by atoms with Crippen LogP contribution in [0, 0.1) is 0 Å². The maximum atomic E-state index is 4.42. The van der Waals surface area contributed by atoms with E-state index in [1.807, 2.05) is 54.1 Å². The van der Waals surface area contributed by atoms with Crippen molar-refractivity contribution in [1.82, 2.24) is 29.7 Å². The average Bonchev–Trinajstić information content (AvgIpc) is 3.02. The van der Waals surface area contributed by atoms with Gasteiger partial charge in [0, 0.05) is 43.7 Å². The quantitative estimate of drug-likeness (QED) is 0.755. The number of hydrogen-bond acceptors (Lipinski definition) is 4. The zero-order valence-electron chi connectivity index (χ0n) is 11.0. The highest BCUT2D eigenvalue weighted by Gasteiger charge is 2.16. The Kier molecular flexibility index (Phi) is 3.00. The van der Waals surface area contributed by atoms with Crippen LogP contribution in [-0.2, 0) is 13.5 Å². The average molecular weight is 256 g/mol. The van der Waals surface area contributed by atoms with Gasteiger partial charge in [-0.05, 0) is 13.1 Å². The van der Waals surface area contributed by atoms with Gasteiger partial charge in [-0.15, -0.1) is 0 Å². The minimum atomic E-state index is 0.177. The molecule has 0 bridgehead atoms. The van der Waals surface area contributed by atoms with Crippen LogP contribution < -0.4 is 5.32 Å². The Labute approximate surface area is 111 Å². The number of fused-ring (bicyclic) bond motifs is 1. The summed E-state index contributed by atoms with van der Waals surface area (Å²) < 4.78 is 3.66. The summed E-state index contributed by atoms with van der Waals surface area (Å²) in [4.78, 5) is 4.17. The van der Waals surface area contributed by atoms with Gasteiger partial charge in [0.25, 0.3) is 0 Å². The Morgan fingerprint density at radius 2 is 2.21 bits per heavy atom. The zero-order chi connectivity index (χ0) is 13.2. The fraction of sp³-hybridized carbons (Fsp3) is 0.308. The molecule has 3 heterocycles. The lowest BCUT2D eigenvalue weighted by molar-refractivity contribution is 0.580. The van der Waals surface area contributed by atoms with E-state index >= 15 is 0 Å². The number of aryl methyl sites for hydroxylation is 1. The predicted octanol–water partition coefficient (Wildman–Crippen LogP) is 0.966. The van der Waals surface area contributed by atoms with Crippen LogP contribution >= 0.6 is 0 Å². The summed E-state index contributed by atoms with van der Waals surface area (Å²) in [5, 5.41) is 12.1. The van der Waals surface area contributed by atoms with Crippen molar-refractivity contribution < 1.29 is 0 Å². The van der Waals surface area contributed by atoms with E-state index in [2.05, 4.69) is 20.5 Å². The van der Waals surface area contributed by atoms with Gasteiger partial charge >= 0.3 is 0 Å². The number of likely N-dealkylation sites (N-methyl/N-ethyl adjacent to an activating group) is 1. The first-order chi connectivity index (χ1) is 9.28. The minimum Gasteiger partial charge on any atom is -0.313 e. The van der Waals surface area contributed by atoms with E-state index in [1.54, 1.807) is 6.20 Å². The molecule has 1 N–H and O–H groups in total. The van der Waals surface area contributed by atoms with Gasteiger partial charge in [0.15, 0.2) is 0 Å². The molecule has 1 atom stereocenters. The van der Waals surface area contributed by atoms with Gasteiger partial charge in [-0.2, -0.15) is 10.2 Å². The molecule has 3 rings (SSSR count). The molecule has 0 aliphatic heterocycles. The van der Waals surface area contributed by atoms with Crippen LogP contribution in [0.4, 0.5) is 0 Å². The number of nitrogens with zero attached hydrogens (tertiary/aromatic N) is 5. The molecule has 6 nitrogen and oxygen atoms in total. The van der Waals surface area contributed by atoms with Crippen LogP contribution in [0.5, 0.6) is 0 Å². The van der Waals surface area contributed by atoms with Crippen molar-refractivity contribution in [1.29, 1.82) is 0 Å². The Balaban J connectivity index is 1.93. The smallest absolute Gasteiger partial charge is 0.0892 e. The highest BCUT2D eigenvalue weighted by Crippen LogP contribution is 2.21. The molecule has 1 unspecified atom stereocenters. The van der Waals surface area contributed by atoms with Crippen LogP contribution in [0.1, 0.15) is 17.3 Å². The normalized spacial score (nSPS) is 12.9. The van der Waals surface area contributed by atoms with Crippen molar-refractivity contribution in [2.24, 2.45) is 7.05 Å². The van der Waals surface area contributed by atoms with Gasteiger partial charge < -0.3 is 5.32 Å². The highest BCUT2D eigenvalue weighted by molar-refractivity contribution is 5.53. The molecule has 0 spiro atoms. The fourth-order valence-electron chi connectivity index (χ4n) is 2.27. The summed E-state index contributed by atoms with van der Waals surface area (Å²) in [6.07, 6.45) is 10.1. The maximum Gasteiger partial charge on any atom is 0.0892 e. The molecule has 19 heavy (non-hydrogen) atoms. The van der Waals surface area contributed by atoms with E-state index in [1.165, 1.54) is 0 Å². The molecule has 0 radical (unpaired) electrons. The van der Waals surface area contributed by atoms with Gasteiger partial charge in [0.1, 0.15) is 0 Å². The molecule has 0 saturated heterocycles. The van der Waals surface area contributed by atoms with Crippen molar-refractivity contribution in [2.75, 3.05) is 7.05 Å². The van der Waals surface area contributed by atoms with E-state index in [0.717, 1.165) is 23.2 Å². The Bertz CT molecular complexity index is 683. The molecule has 3 aromatic rings. The van der Waals surface area contributed by atoms with Crippen molar-refractivity contribution in [3.8, 4) is 0 Å². The van der Waals surface area contributed by atoms with Gasteiger partial charge in [0.2, 0.25) is 0 Å². The van der Waals surface area contributed by atoms with Gasteiger partial charge in [-0.1, -0.05) is 0 Å². The summed E-state index contributed by atoms with van der Waals surface area (Å²) in [7, 11) is 3.88. The van der Waals surface area contributed by atoms with Gasteiger partial charge in [0.05, 0.1) is 23.6 Å². The van der Waals surface area contributed by atoms with Crippen LogP contribution in [0.15, 0.2) is 37.1 Å². The van der Waals surface area contributed by atoms with Gasteiger partial charge in [-0.3, -0.25) is 9.67 Å². The van der Waals surface area contributed by atoms with E-state index in [4.69, 9.17) is 0 Å². The molecule has 0 aliphatic rings. The molecule has 0 saturated carbocycles. The van der Waals surface area contributed by atoms with Crippen molar-refractivity contribution in [3.05, 3.63) is 48.3 Å². The van der Waals surface area contributed by atoms with Crippen LogP contribution in [0.3, 0.4) is 0 Å². The topological polar surface area (TPSA) is 60.0 Å². The second kappa shape index (κ2) is 4.81. The lowest BCUT2D eigenvalue weighted by Gasteiger charge is -2.13. The third kappa shape index (κ3) is 2.22. The molecule has 0 aliphatic carbocycles. The first kappa shape index (κ1) is 11.9. The van der Waals surface area contributed by atoms with Crippen molar-refractivity contribution in [3.63, 3.8) is 0 Å². The fourth-order valence-corrected chi connectivity index (χ4v) is 2.27. The lowest BCUT2D eigenvalue weighted by Crippen LogP contribution is -2.19. The molecule has 98 valence electrons. The summed E-state index contributed by atoms with van der Waals surface area (Å²) >= 11 is 0. The van der Waals surface area contributed by atoms with Crippen molar-refractivity contribution >= 4 is 5.52 Å². The number of aromatic nitrogens is 5. The Morgan fingerprint density at radius 1 is 1.32 bits per heavy atom. The second-order valence-electron chi connectivity index (χ2n) is 4.53. The molecule has 0 aromatic carbocycles. The standard InChI is InChI=1S/C13H16N6/c1-14-12(7-10-3-5-18(2)17-10)11-8-16-19-6-4-15-9-13(11)19/h3-6,8-9,12,14H,7H2,1-2H3. The molecular weight excluding hydrogens is 240 g/mol. The molecule has 0 fully saturated rings. The van der Waals surface area contributed by atoms with E-state index in [0.29, 0.717) is 0 Å². The zero-order valence-corrected chi connectivity index (χ0v) is 11.0. The van der Waals surface area contributed by atoms with Crippen LogP contribution in [-0.4, -0.2) is 31.4 Å². The van der Waals surface area contributed by atoms with Crippen LogP contribution in [0.2, 0.25) is 0 Å². The van der Waals surface area contributed by atoms with E-state index < -0.39 is 0 Å². The number of rotatable bonds is 4. The molecule has 0 amide bonds. The third-order valence-electron chi connectivity index (χ3n) is 3.26.